The van der Waals surface area contributed by atoms with E-state index in [0.717, 1.165) is 9.26 Å². The molecule has 0 atom stereocenters. The predicted octanol–water partition coefficient (Wildman–Crippen LogP) is 1.93. The highest BCUT2D eigenvalue weighted by Gasteiger charge is 2.05. The zero-order valence-corrected chi connectivity index (χ0v) is 9.84. The fourth-order valence-corrected chi connectivity index (χ4v) is 1.57. The van der Waals surface area contributed by atoms with Gasteiger partial charge in [0, 0.05) is 0 Å². The van der Waals surface area contributed by atoms with Crippen LogP contribution in [0.15, 0.2) is 30.5 Å². The lowest BCUT2D eigenvalue weighted by Gasteiger charge is -2.03. The van der Waals surface area contributed by atoms with E-state index in [1.807, 2.05) is 12.1 Å². The Balaban J connectivity index is 2.47. The standard InChI is InChI=1S/C10H7IN4/c11-9-6-14-15(10(9)13)8-3-1-7(5-12)2-4-8/h1-4,6H,13H2. The molecular weight excluding hydrogens is 303 g/mol. The molecule has 0 radical (unpaired) electrons. The Bertz CT molecular complexity index is 521. The third-order valence-corrected chi connectivity index (χ3v) is 2.83. The SMILES string of the molecule is N#Cc1ccc(-n2ncc(I)c2N)cc1. The van der Waals surface area contributed by atoms with Crippen LogP contribution in [0.2, 0.25) is 0 Å². The lowest BCUT2D eigenvalue weighted by atomic mass is 10.2. The predicted molar refractivity (Wildman–Crippen MR) is 65.4 cm³/mol. The van der Waals surface area contributed by atoms with Gasteiger partial charge in [-0.3, -0.25) is 0 Å². The molecule has 0 bridgehead atoms. The highest BCUT2D eigenvalue weighted by molar-refractivity contribution is 14.1. The van der Waals surface area contributed by atoms with E-state index < -0.39 is 0 Å². The van der Waals surface area contributed by atoms with Gasteiger partial charge in [-0.05, 0) is 46.9 Å². The van der Waals surface area contributed by atoms with Crippen molar-refractivity contribution in [3.63, 3.8) is 0 Å². The van der Waals surface area contributed by atoms with Crippen LogP contribution >= 0.6 is 22.6 Å². The highest BCUT2D eigenvalue weighted by Crippen LogP contribution is 2.18. The van der Waals surface area contributed by atoms with Crippen molar-refractivity contribution in [1.82, 2.24) is 9.78 Å². The summed E-state index contributed by atoms with van der Waals surface area (Å²) in [5, 5.41) is 12.8. The monoisotopic (exact) mass is 310 g/mol. The van der Waals surface area contributed by atoms with Gasteiger partial charge in [0.25, 0.3) is 0 Å². The normalized spacial score (nSPS) is 9.87. The molecule has 0 saturated carbocycles. The number of benzene rings is 1. The van der Waals surface area contributed by atoms with E-state index in [9.17, 15) is 0 Å². The molecule has 0 aliphatic rings. The van der Waals surface area contributed by atoms with Gasteiger partial charge in [0.15, 0.2) is 0 Å². The van der Waals surface area contributed by atoms with Crippen molar-refractivity contribution < 1.29 is 0 Å². The van der Waals surface area contributed by atoms with Gasteiger partial charge in [0.2, 0.25) is 0 Å². The third kappa shape index (κ3) is 1.80. The van der Waals surface area contributed by atoms with Crippen molar-refractivity contribution in [3.8, 4) is 11.8 Å². The zero-order valence-electron chi connectivity index (χ0n) is 7.68. The Morgan fingerprint density at radius 2 is 2.00 bits per heavy atom. The number of rotatable bonds is 1. The summed E-state index contributed by atoms with van der Waals surface area (Å²) in [5.74, 6) is 0.611. The minimum absolute atomic E-state index is 0.611. The van der Waals surface area contributed by atoms with E-state index in [2.05, 4.69) is 33.8 Å². The summed E-state index contributed by atoms with van der Waals surface area (Å²) < 4.78 is 2.56. The number of hydrogen-bond acceptors (Lipinski definition) is 3. The number of anilines is 1. The minimum atomic E-state index is 0.611. The van der Waals surface area contributed by atoms with Gasteiger partial charge in [-0.1, -0.05) is 0 Å². The van der Waals surface area contributed by atoms with Crippen molar-refractivity contribution in [2.75, 3.05) is 5.73 Å². The second-order valence-electron chi connectivity index (χ2n) is 2.95. The lowest BCUT2D eigenvalue weighted by Crippen LogP contribution is -2.02. The maximum Gasteiger partial charge on any atom is 0.140 e. The number of aromatic nitrogens is 2. The third-order valence-electron chi connectivity index (χ3n) is 2.00. The van der Waals surface area contributed by atoms with Gasteiger partial charge in [-0.15, -0.1) is 0 Å². The Labute approximate surface area is 100 Å². The van der Waals surface area contributed by atoms with E-state index in [4.69, 9.17) is 11.0 Å². The summed E-state index contributed by atoms with van der Waals surface area (Å²) in [6.45, 7) is 0. The molecule has 0 saturated heterocycles. The molecule has 74 valence electrons. The first kappa shape index (κ1) is 9.98. The van der Waals surface area contributed by atoms with Crippen molar-refractivity contribution in [2.24, 2.45) is 0 Å². The topological polar surface area (TPSA) is 67.6 Å². The van der Waals surface area contributed by atoms with Crippen LogP contribution in [0.1, 0.15) is 5.56 Å². The largest absolute Gasteiger partial charge is 0.383 e. The number of hydrogen-bond donors (Lipinski definition) is 1. The Morgan fingerprint density at radius 3 is 2.47 bits per heavy atom. The molecule has 0 spiro atoms. The van der Waals surface area contributed by atoms with E-state index >= 15 is 0 Å². The van der Waals surface area contributed by atoms with Crippen LogP contribution < -0.4 is 5.73 Å². The fraction of sp³-hybridized carbons (Fsp3) is 0. The highest BCUT2D eigenvalue weighted by atomic mass is 127. The van der Waals surface area contributed by atoms with E-state index in [-0.39, 0.29) is 0 Å². The molecule has 4 nitrogen and oxygen atoms in total. The molecule has 15 heavy (non-hydrogen) atoms. The second kappa shape index (κ2) is 3.90. The number of nitriles is 1. The van der Waals surface area contributed by atoms with Gasteiger partial charge in [0.05, 0.1) is 27.1 Å². The van der Waals surface area contributed by atoms with Crippen LogP contribution in [0.4, 0.5) is 5.82 Å². The summed E-state index contributed by atoms with van der Waals surface area (Å²) in [6, 6.07) is 9.18. The molecule has 0 amide bonds. The number of nitrogens with zero attached hydrogens (tertiary/aromatic N) is 3. The Hall–Kier alpha value is -1.55. The van der Waals surface area contributed by atoms with Crippen molar-refractivity contribution in [3.05, 3.63) is 39.6 Å². The van der Waals surface area contributed by atoms with Crippen LogP contribution in [-0.2, 0) is 0 Å². The van der Waals surface area contributed by atoms with E-state index in [1.54, 1.807) is 23.0 Å². The van der Waals surface area contributed by atoms with Crippen molar-refractivity contribution in [1.29, 1.82) is 5.26 Å². The Morgan fingerprint density at radius 1 is 1.33 bits per heavy atom. The summed E-state index contributed by atoms with van der Waals surface area (Å²) in [7, 11) is 0. The van der Waals surface area contributed by atoms with Crippen LogP contribution in [0.5, 0.6) is 0 Å². The lowest BCUT2D eigenvalue weighted by molar-refractivity contribution is 0.891. The summed E-state index contributed by atoms with van der Waals surface area (Å²) >= 11 is 2.13. The van der Waals surface area contributed by atoms with E-state index in [0.29, 0.717) is 11.4 Å². The smallest absolute Gasteiger partial charge is 0.140 e. The van der Waals surface area contributed by atoms with Gasteiger partial charge >= 0.3 is 0 Å². The van der Waals surface area contributed by atoms with Gasteiger partial charge in [0.1, 0.15) is 5.82 Å². The molecule has 2 rings (SSSR count). The summed E-state index contributed by atoms with van der Waals surface area (Å²) in [4.78, 5) is 0. The summed E-state index contributed by atoms with van der Waals surface area (Å²) in [5.41, 5.74) is 7.31. The molecule has 0 aliphatic carbocycles. The molecule has 1 aromatic carbocycles. The van der Waals surface area contributed by atoms with Crippen molar-refractivity contribution >= 4 is 28.4 Å². The summed E-state index contributed by atoms with van der Waals surface area (Å²) in [6.07, 6.45) is 1.70. The number of nitrogens with two attached hydrogens (primary N) is 1. The van der Waals surface area contributed by atoms with Crippen LogP contribution in [0, 0.1) is 14.9 Å². The van der Waals surface area contributed by atoms with Crippen LogP contribution in [-0.4, -0.2) is 9.78 Å². The maximum atomic E-state index is 8.66. The molecule has 0 aliphatic heterocycles. The first-order chi connectivity index (χ1) is 7.22. The van der Waals surface area contributed by atoms with Crippen molar-refractivity contribution in [2.45, 2.75) is 0 Å². The second-order valence-corrected chi connectivity index (χ2v) is 4.11. The average Bonchev–Trinajstić information content (AvgIpc) is 2.60. The first-order valence-corrected chi connectivity index (χ1v) is 5.30. The van der Waals surface area contributed by atoms with Gasteiger partial charge in [-0.2, -0.15) is 10.4 Å². The van der Waals surface area contributed by atoms with Gasteiger partial charge in [-0.25, -0.2) is 4.68 Å². The molecule has 1 heterocycles. The minimum Gasteiger partial charge on any atom is -0.383 e. The van der Waals surface area contributed by atoms with E-state index in [1.165, 1.54) is 0 Å². The Kier molecular flexibility index (Phi) is 2.60. The first-order valence-electron chi connectivity index (χ1n) is 4.22. The fourth-order valence-electron chi connectivity index (χ4n) is 1.22. The molecule has 5 heteroatoms. The van der Waals surface area contributed by atoms with Crippen LogP contribution in [0.3, 0.4) is 0 Å². The molecule has 0 unspecified atom stereocenters. The number of halogens is 1. The van der Waals surface area contributed by atoms with Gasteiger partial charge < -0.3 is 5.73 Å². The average molecular weight is 310 g/mol. The molecule has 1 aromatic heterocycles. The maximum absolute atomic E-state index is 8.66. The van der Waals surface area contributed by atoms with Crippen LogP contribution in [0.25, 0.3) is 5.69 Å². The molecule has 2 aromatic rings. The molecule has 2 N–H and O–H groups in total. The quantitative estimate of drug-likeness (QED) is 0.818. The number of nitrogen functional groups attached to an aromatic ring is 1. The molecular formula is C10H7IN4. The zero-order chi connectivity index (χ0) is 10.8. The molecule has 0 fully saturated rings.